The molecule has 0 saturated carbocycles. The van der Waals surface area contributed by atoms with Crippen LogP contribution in [0.2, 0.25) is 32.7 Å². The van der Waals surface area contributed by atoms with E-state index in [4.69, 9.17) is 4.43 Å². The van der Waals surface area contributed by atoms with Gasteiger partial charge in [-0.05, 0) is 44.1 Å². The zero-order valence-electron chi connectivity index (χ0n) is 22.0. The van der Waals surface area contributed by atoms with Crippen LogP contribution in [-0.4, -0.2) is 19.9 Å². The van der Waals surface area contributed by atoms with Crippen LogP contribution in [0.3, 0.4) is 0 Å². The van der Waals surface area contributed by atoms with Gasteiger partial charge in [-0.1, -0.05) is 77.9 Å². The van der Waals surface area contributed by atoms with Gasteiger partial charge in [0.15, 0.2) is 8.32 Å². The van der Waals surface area contributed by atoms with Crippen LogP contribution < -0.4 is 24.8 Å². The number of hydrogen-bond acceptors (Lipinski definition) is 1. The standard InChI is InChI=1S/C28H29OSi.C2H6Si.2ClH.Zr/c1-19(29-30(2,3)4)16-22-17-20-10-6-8-13-24(20)28(22)26-15-9-14-25-23-12-7-5-11-21(23)18-27(25)26;1-3-2;;;/h5-15,17-19,28H,16H2,1-4H3;1-2H3;2*1H;/q-1;;;;+2/p-2. The smallest absolute Gasteiger partial charge is 1.00 e. The summed E-state index contributed by atoms with van der Waals surface area (Å²) in [5.41, 5.74) is 5.87. The minimum absolute atomic E-state index is 0. The molecule has 0 bridgehead atoms. The molecule has 0 saturated heterocycles. The van der Waals surface area contributed by atoms with Crippen molar-refractivity contribution in [2.45, 2.75) is 58.1 Å². The zero-order valence-corrected chi connectivity index (χ0v) is 28.0. The van der Waals surface area contributed by atoms with Gasteiger partial charge in [0.25, 0.3) is 0 Å². The Morgan fingerprint density at radius 3 is 2.17 bits per heavy atom. The first-order valence-corrected chi connectivity index (χ1v) is 21.8. The molecule has 1 aliphatic carbocycles. The summed E-state index contributed by atoms with van der Waals surface area (Å²) in [6, 6.07) is 26.8. The maximum atomic E-state index is 6.42. The molecule has 188 valence electrons. The average molecular weight is 630 g/mol. The summed E-state index contributed by atoms with van der Waals surface area (Å²) >= 11 is 1.74. The predicted molar refractivity (Wildman–Crippen MR) is 149 cm³/mol. The molecule has 0 fully saturated rings. The van der Waals surface area contributed by atoms with E-state index in [2.05, 4.69) is 119 Å². The number of rotatable bonds is 5. The van der Waals surface area contributed by atoms with Gasteiger partial charge in [-0.3, -0.25) is 0 Å². The fourth-order valence-electron chi connectivity index (χ4n) is 5.16. The molecule has 36 heavy (non-hydrogen) atoms. The molecule has 5 rings (SSSR count). The molecule has 6 heteroatoms. The Balaban J connectivity index is 0.000000710. The second-order valence-electron chi connectivity index (χ2n) is 10.6. The van der Waals surface area contributed by atoms with Crippen LogP contribution in [0.15, 0.2) is 78.4 Å². The van der Waals surface area contributed by atoms with Crippen molar-refractivity contribution in [1.82, 2.24) is 0 Å². The fourth-order valence-corrected chi connectivity index (χ4v) is 6.45. The van der Waals surface area contributed by atoms with Crippen LogP contribution >= 0.6 is 0 Å². The maximum absolute atomic E-state index is 6.42. The molecule has 0 N–H and O–H groups in total. The van der Waals surface area contributed by atoms with Crippen molar-refractivity contribution in [3.05, 3.63) is 95.1 Å². The van der Waals surface area contributed by atoms with Gasteiger partial charge in [-0.2, -0.15) is 0 Å². The van der Waals surface area contributed by atoms with Crippen LogP contribution in [0, 0.1) is 0 Å². The minimum Gasteiger partial charge on any atom is -1.00 e. The number of hydrogen-bond donors (Lipinski definition) is 0. The molecule has 1 nitrogen and oxygen atoms in total. The predicted octanol–water partition coefficient (Wildman–Crippen LogP) is 2.66. The molecule has 0 radical (unpaired) electrons. The Morgan fingerprint density at radius 2 is 1.47 bits per heavy atom. The van der Waals surface area contributed by atoms with Gasteiger partial charge in [-0.25, -0.2) is 0 Å². The van der Waals surface area contributed by atoms with Gasteiger partial charge >= 0.3 is 41.9 Å². The largest absolute Gasteiger partial charge is 1.00 e. The molecule has 2 atom stereocenters. The third-order valence-corrected chi connectivity index (χ3v) is 7.21. The molecule has 1 aliphatic rings. The number of halogens is 2. The normalized spacial score (nSPS) is 15.2. The first kappa shape index (κ1) is 31.3. The Kier molecular flexibility index (Phi) is 11.6. The summed E-state index contributed by atoms with van der Waals surface area (Å²) in [6.45, 7) is 13.7. The van der Waals surface area contributed by atoms with Gasteiger partial charge in [-0.15, -0.1) is 33.7 Å². The van der Waals surface area contributed by atoms with Gasteiger partial charge in [0.05, 0.1) is 0 Å². The van der Waals surface area contributed by atoms with Crippen molar-refractivity contribution >= 4 is 41.4 Å². The average Bonchev–Trinajstić information content (AvgIpc) is 3.29. The van der Waals surface area contributed by atoms with Gasteiger partial charge in [0, 0.05) is 12.0 Å². The molecule has 2 unspecified atom stereocenters. The molecule has 0 heterocycles. The van der Waals surface area contributed by atoms with E-state index in [0.29, 0.717) is 5.92 Å². The van der Waals surface area contributed by atoms with Gasteiger partial charge in [0.2, 0.25) is 0 Å². The van der Waals surface area contributed by atoms with Crippen molar-refractivity contribution in [1.29, 1.82) is 0 Å². The van der Waals surface area contributed by atoms with Crippen LogP contribution in [0.25, 0.3) is 27.6 Å². The Labute approximate surface area is 245 Å². The van der Waals surface area contributed by atoms with Crippen LogP contribution in [0.1, 0.15) is 36.0 Å². The summed E-state index contributed by atoms with van der Waals surface area (Å²) < 4.78 is 6.42. The molecular formula is C30H35Cl2OSi2Zr-. The van der Waals surface area contributed by atoms with Crippen LogP contribution in [0.4, 0.5) is 0 Å². The molecule has 4 aromatic rings. The Bertz CT molecular complexity index is 1370. The van der Waals surface area contributed by atoms with Crippen LogP contribution in [0.5, 0.6) is 0 Å². The zero-order chi connectivity index (χ0) is 24.5. The molecule has 0 aromatic heterocycles. The monoisotopic (exact) mass is 627 g/mol. The quantitative estimate of drug-likeness (QED) is 0.244. The van der Waals surface area contributed by atoms with Gasteiger partial charge in [0.1, 0.15) is 0 Å². The fraction of sp³-hybridized carbons (Fsp3) is 0.300. The summed E-state index contributed by atoms with van der Waals surface area (Å²) in [4.78, 5) is 0. The summed E-state index contributed by atoms with van der Waals surface area (Å²) in [7, 11) is -1.57. The van der Waals surface area contributed by atoms with Crippen molar-refractivity contribution in [2.75, 3.05) is 0 Å². The Hall–Kier alpha value is -0.873. The molecule has 0 amide bonds. The van der Waals surface area contributed by atoms with E-state index >= 15 is 0 Å². The maximum Gasteiger partial charge on any atom is -1.00 e. The summed E-state index contributed by atoms with van der Waals surface area (Å²) in [6.07, 6.45) is 3.61. The molecule has 0 spiro atoms. The molecule has 0 aliphatic heterocycles. The van der Waals surface area contributed by atoms with Crippen molar-refractivity contribution in [2.24, 2.45) is 0 Å². The Morgan fingerprint density at radius 1 is 0.889 bits per heavy atom. The summed E-state index contributed by atoms with van der Waals surface area (Å²) in [5, 5.41) is 5.41. The van der Waals surface area contributed by atoms with Crippen LogP contribution in [-0.2, 0) is 27.8 Å². The SMILES string of the molecule is CC(CC1=Cc2ccccc2C1c1cccc2c1[cH-]c1ccccc12)O[Si](C)(C)C.C[Si](C)=[Zr+2].[Cl-].[Cl-]. The number of fused-ring (bicyclic) bond motifs is 4. The summed E-state index contributed by atoms with van der Waals surface area (Å²) in [5.74, 6) is 0.300. The third-order valence-electron chi connectivity index (χ3n) is 6.10. The molecular weight excluding hydrogens is 595 g/mol. The molecule has 4 aromatic carbocycles. The van der Waals surface area contributed by atoms with E-state index in [9.17, 15) is 0 Å². The van der Waals surface area contributed by atoms with E-state index in [1.54, 1.807) is 23.3 Å². The van der Waals surface area contributed by atoms with E-state index in [0.717, 1.165) is 6.42 Å². The van der Waals surface area contributed by atoms with Crippen molar-refractivity contribution < 1.29 is 52.6 Å². The van der Waals surface area contributed by atoms with E-state index in [1.807, 2.05) is 0 Å². The van der Waals surface area contributed by atoms with E-state index < -0.39 is 8.32 Å². The van der Waals surface area contributed by atoms with Crippen molar-refractivity contribution in [3.63, 3.8) is 0 Å². The topological polar surface area (TPSA) is 9.23 Å². The first-order chi connectivity index (χ1) is 16.1. The third kappa shape index (κ3) is 7.37. The second kappa shape index (κ2) is 13.3. The first-order valence-electron chi connectivity index (χ1n) is 12.2. The number of benzene rings is 3. The second-order valence-corrected chi connectivity index (χ2v) is 24.4. The van der Waals surface area contributed by atoms with E-state index in [1.165, 1.54) is 43.8 Å². The van der Waals surface area contributed by atoms with E-state index in [-0.39, 0.29) is 36.4 Å². The van der Waals surface area contributed by atoms with Gasteiger partial charge < -0.3 is 29.2 Å². The minimum atomic E-state index is -1.57. The van der Waals surface area contributed by atoms with Crippen molar-refractivity contribution in [3.8, 4) is 0 Å².